The lowest BCUT2D eigenvalue weighted by Crippen LogP contribution is -2.44. The van der Waals surface area contributed by atoms with E-state index in [1.807, 2.05) is 24.3 Å². The van der Waals surface area contributed by atoms with Gasteiger partial charge in [-0.25, -0.2) is 9.78 Å². The van der Waals surface area contributed by atoms with Crippen molar-refractivity contribution >= 4 is 23.0 Å². The van der Waals surface area contributed by atoms with Gasteiger partial charge in [0.1, 0.15) is 5.01 Å². The van der Waals surface area contributed by atoms with Gasteiger partial charge in [0, 0.05) is 56.0 Å². The Morgan fingerprint density at radius 2 is 1.68 bits per heavy atom. The quantitative estimate of drug-likeness (QED) is 0.507. The Bertz CT molecular complexity index is 1110. The van der Waals surface area contributed by atoms with Gasteiger partial charge in [0.2, 0.25) is 0 Å². The van der Waals surface area contributed by atoms with Gasteiger partial charge in [-0.3, -0.25) is 0 Å². The minimum Gasteiger partial charge on any atom is -0.465 e. The molecule has 2 aliphatic heterocycles. The Hall–Kier alpha value is -2.74. The Labute approximate surface area is 205 Å². The Balaban J connectivity index is 1.40. The average molecular weight is 478 g/mol. The van der Waals surface area contributed by atoms with Gasteiger partial charge in [0.15, 0.2) is 0 Å². The Kier molecular flexibility index (Phi) is 6.68. The monoisotopic (exact) mass is 477 g/mol. The topological polar surface area (TPSA) is 54.9 Å². The molecule has 2 aromatic carbocycles. The standard InChI is InChI=1S/C27H31N3O3S/c1-29-13-15-30(16-14-29)23-9-5-20(6-10-23)24-19-34-26(28-24)27(11-17-33-18-12-27)22-7-3-21(4-8-22)25(31)32-2/h3-10,19H,11-18H2,1-2H3. The van der Waals surface area contributed by atoms with Crippen molar-refractivity contribution in [2.75, 3.05) is 58.5 Å². The third kappa shape index (κ3) is 4.48. The minimum atomic E-state index is -0.316. The fourth-order valence-electron chi connectivity index (χ4n) is 4.92. The Morgan fingerprint density at radius 3 is 2.32 bits per heavy atom. The molecule has 5 rings (SSSR count). The molecule has 0 atom stereocenters. The number of thiazole rings is 1. The highest BCUT2D eigenvalue weighted by Gasteiger charge is 2.39. The molecule has 34 heavy (non-hydrogen) atoms. The number of anilines is 1. The molecule has 0 bridgehead atoms. The molecular weight excluding hydrogens is 446 g/mol. The number of aromatic nitrogens is 1. The molecule has 7 heteroatoms. The van der Waals surface area contributed by atoms with Crippen molar-refractivity contribution in [2.24, 2.45) is 0 Å². The molecule has 2 aliphatic rings. The van der Waals surface area contributed by atoms with Crippen LogP contribution in [0.2, 0.25) is 0 Å². The number of hydrogen-bond donors (Lipinski definition) is 0. The summed E-state index contributed by atoms with van der Waals surface area (Å²) in [5.74, 6) is -0.316. The average Bonchev–Trinajstić information content (AvgIpc) is 3.40. The number of methoxy groups -OCH3 is 1. The number of benzene rings is 2. The van der Waals surface area contributed by atoms with Crippen LogP contribution in [0.15, 0.2) is 53.9 Å². The molecular formula is C27H31N3O3S. The van der Waals surface area contributed by atoms with E-state index in [0.717, 1.165) is 55.3 Å². The van der Waals surface area contributed by atoms with Crippen LogP contribution in [0.25, 0.3) is 11.3 Å². The summed E-state index contributed by atoms with van der Waals surface area (Å²) in [7, 11) is 3.59. The number of carbonyl (C=O) groups is 1. The van der Waals surface area contributed by atoms with Crippen molar-refractivity contribution in [3.8, 4) is 11.3 Å². The highest BCUT2D eigenvalue weighted by Crippen LogP contribution is 2.43. The predicted octanol–water partition coefficient (Wildman–Crippen LogP) is 4.45. The molecule has 1 aromatic heterocycles. The van der Waals surface area contributed by atoms with E-state index in [2.05, 4.69) is 46.5 Å². The van der Waals surface area contributed by atoms with E-state index in [1.165, 1.54) is 18.4 Å². The van der Waals surface area contributed by atoms with E-state index in [9.17, 15) is 4.79 Å². The van der Waals surface area contributed by atoms with Gasteiger partial charge < -0.3 is 19.3 Å². The third-order valence-electron chi connectivity index (χ3n) is 7.15. The lowest BCUT2D eigenvalue weighted by atomic mass is 9.74. The zero-order valence-corrected chi connectivity index (χ0v) is 20.6. The van der Waals surface area contributed by atoms with Gasteiger partial charge in [-0.1, -0.05) is 24.3 Å². The van der Waals surface area contributed by atoms with E-state index in [4.69, 9.17) is 14.5 Å². The normalized spacial score (nSPS) is 18.6. The van der Waals surface area contributed by atoms with Crippen LogP contribution in [0.3, 0.4) is 0 Å². The second-order valence-electron chi connectivity index (χ2n) is 9.14. The van der Waals surface area contributed by atoms with E-state index >= 15 is 0 Å². The third-order valence-corrected chi connectivity index (χ3v) is 8.20. The SMILES string of the molecule is COC(=O)c1ccc(C2(c3nc(-c4ccc(N5CCN(C)CC5)cc4)cs3)CCOCC2)cc1. The van der Waals surface area contributed by atoms with Crippen LogP contribution in [0.5, 0.6) is 0 Å². The number of piperazine rings is 1. The van der Waals surface area contributed by atoms with Crippen molar-refractivity contribution in [3.05, 3.63) is 70.0 Å². The molecule has 2 fully saturated rings. The molecule has 3 aromatic rings. The van der Waals surface area contributed by atoms with Crippen molar-refractivity contribution in [2.45, 2.75) is 18.3 Å². The van der Waals surface area contributed by atoms with Crippen LogP contribution >= 0.6 is 11.3 Å². The van der Waals surface area contributed by atoms with Crippen LogP contribution in [0.1, 0.15) is 33.8 Å². The second kappa shape index (κ2) is 9.86. The van der Waals surface area contributed by atoms with E-state index < -0.39 is 0 Å². The van der Waals surface area contributed by atoms with Crippen LogP contribution < -0.4 is 4.90 Å². The summed E-state index contributed by atoms with van der Waals surface area (Å²) in [5, 5.41) is 3.28. The van der Waals surface area contributed by atoms with E-state index in [-0.39, 0.29) is 11.4 Å². The number of ether oxygens (including phenoxy) is 2. The number of carbonyl (C=O) groups excluding carboxylic acids is 1. The lowest BCUT2D eigenvalue weighted by Gasteiger charge is -2.36. The van der Waals surface area contributed by atoms with Crippen molar-refractivity contribution in [3.63, 3.8) is 0 Å². The second-order valence-corrected chi connectivity index (χ2v) is 10.00. The first kappa shape index (κ1) is 23.0. The summed E-state index contributed by atoms with van der Waals surface area (Å²) in [6.07, 6.45) is 1.75. The van der Waals surface area contributed by atoms with Crippen LogP contribution in [-0.2, 0) is 14.9 Å². The molecule has 0 spiro atoms. The largest absolute Gasteiger partial charge is 0.465 e. The fraction of sp³-hybridized carbons (Fsp3) is 0.407. The molecule has 0 N–H and O–H groups in total. The smallest absolute Gasteiger partial charge is 0.337 e. The van der Waals surface area contributed by atoms with Gasteiger partial charge in [-0.2, -0.15) is 0 Å². The van der Waals surface area contributed by atoms with Gasteiger partial charge in [0.05, 0.1) is 23.8 Å². The van der Waals surface area contributed by atoms with Gasteiger partial charge in [-0.15, -0.1) is 11.3 Å². The first-order valence-electron chi connectivity index (χ1n) is 11.9. The molecule has 6 nitrogen and oxygen atoms in total. The first-order valence-corrected chi connectivity index (χ1v) is 12.7. The van der Waals surface area contributed by atoms with Gasteiger partial charge >= 0.3 is 5.97 Å². The predicted molar refractivity (Wildman–Crippen MR) is 136 cm³/mol. The first-order chi connectivity index (χ1) is 16.6. The van der Waals surface area contributed by atoms with Crippen molar-refractivity contribution < 1.29 is 14.3 Å². The maximum Gasteiger partial charge on any atom is 0.337 e. The van der Waals surface area contributed by atoms with E-state index in [1.54, 1.807) is 11.3 Å². The van der Waals surface area contributed by atoms with Crippen molar-refractivity contribution in [1.82, 2.24) is 9.88 Å². The Morgan fingerprint density at radius 1 is 1.00 bits per heavy atom. The summed E-state index contributed by atoms with van der Waals surface area (Å²) < 4.78 is 10.6. The highest BCUT2D eigenvalue weighted by atomic mass is 32.1. The van der Waals surface area contributed by atoms with E-state index in [0.29, 0.717) is 18.8 Å². The minimum absolute atomic E-state index is 0.199. The maximum absolute atomic E-state index is 11.9. The zero-order valence-electron chi connectivity index (χ0n) is 19.8. The van der Waals surface area contributed by atoms with Crippen LogP contribution in [0.4, 0.5) is 5.69 Å². The molecule has 0 radical (unpaired) electrons. The number of rotatable bonds is 5. The molecule has 0 unspecified atom stereocenters. The van der Waals surface area contributed by atoms with Crippen molar-refractivity contribution in [1.29, 1.82) is 0 Å². The van der Waals surface area contributed by atoms with Crippen LogP contribution in [-0.4, -0.2) is 69.4 Å². The number of nitrogens with zero attached hydrogens (tertiary/aromatic N) is 3. The summed E-state index contributed by atoms with van der Waals surface area (Å²) in [4.78, 5) is 21.8. The molecule has 178 valence electrons. The molecule has 0 amide bonds. The summed E-state index contributed by atoms with van der Waals surface area (Å²) in [6, 6.07) is 16.6. The molecule has 0 aliphatic carbocycles. The highest BCUT2D eigenvalue weighted by molar-refractivity contribution is 7.10. The molecule has 3 heterocycles. The fourth-order valence-corrected chi connectivity index (χ4v) is 6.03. The summed E-state index contributed by atoms with van der Waals surface area (Å²) in [6.45, 7) is 5.74. The lowest BCUT2D eigenvalue weighted by molar-refractivity contribution is 0.0597. The van der Waals surface area contributed by atoms with Gasteiger partial charge in [-0.05, 0) is 49.7 Å². The van der Waals surface area contributed by atoms with Crippen LogP contribution in [0, 0.1) is 0 Å². The maximum atomic E-state index is 11.9. The molecule has 0 saturated carbocycles. The molecule has 2 saturated heterocycles. The summed E-state index contributed by atoms with van der Waals surface area (Å²) >= 11 is 1.72. The number of esters is 1. The number of hydrogen-bond acceptors (Lipinski definition) is 7. The zero-order chi connectivity index (χ0) is 23.5. The summed E-state index contributed by atoms with van der Waals surface area (Å²) in [5.41, 5.74) is 4.98. The van der Waals surface area contributed by atoms with Gasteiger partial charge in [0.25, 0.3) is 0 Å². The number of likely N-dealkylation sites (N-methyl/N-ethyl adjacent to an activating group) is 1.